The Hall–Kier alpha value is -2.54. The van der Waals surface area contributed by atoms with Gasteiger partial charge in [-0.05, 0) is 37.1 Å². The highest BCUT2D eigenvalue weighted by atomic mass is 32.1. The van der Waals surface area contributed by atoms with Crippen LogP contribution >= 0.6 is 11.3 Å². The summed E-state index contributed by atoms with van der Waals surface area (Å²) in [5.41, 5.74) is 10.3. The van der Waals surface area contributed by atoms with Crippen molar-refractivity contribution in [2.45, 2.75) is 27.3 Å². The number of benzene rings is 2. The Labute approximate surface area is 189 Å². The van der Waals surface area contributed by atoms with E-state index in [-0.39, 0.29) is 0 Å². The number of thiazole rings is 1. The molecule has 0 amide bonds. The first-order chi connectivity index (χ1) is 15.1. The molecule has 5 nitrogen and oxygen atoms in total. The lowest BCUT2D eigenvalue weighted by Crippen LogP contribution is -2.45. The van der Waals surface area contributed by atoms with E-state index in [1.54, 1.807) is 11.3 Å². The standard InChI is InChI=1S/C25H31N5S/c1-4-29-10-12-30(13-11-29)17-23-15-19(2)14-22(20(23)3)16-26-28-25-27-24(18-31-25)21-8-6-5-7-9-21/h5-9,14-16,18H,4,10-13,17H2,1-3H3,(H,27,28). The van der Waals surface area contributed by atoms with Gasteiger partial charge >= 0.3 is 0 Å². The predicted molar refractivity (Wildman–Crippen MR) is 132 cm³/mol. The van der Waals surface area contributed by atoms with Gasteiger partial charge in [-0.15, -0.1) is 11.3 Å². The molecular weight excluding hydrogens is 402 g/mol. The lowest BCUT2D eigenvalue weighted by Gasteiger charge is -2.34. The van der Waals surface area contributed by atoms with Crippen LogP contribution in [0, 0.1) is 13.8 Å². The van der Waals surface area contributed by atoms with Crippen LogP contribution in [-0.2, 0) is 6.54 Å². The Morgan fingerprint density at radius 1 is 1.06 bits per heavy atom. The van der Waals surface area contributed by atoms with Crippen molar-refractivity contribution in [2.75, 3.05) is 38.1 Å². The number of aryl methyl sites for hydroxylation is 1. The van der Waals surface area contributed by atoms with Crippen LogP contribution in [0.5, 0.6) is 0 Å². The monoisotopic (exact) mass is 433 g/mol. The molecule has 1 N–H and O–H groups in total. The zero-order valence-corrected chi connectivity index (χ0v) is 19.5. The van der Waals surface area contributed by atoms with Crippen molar-refractivity contribution in [1.29, 1.82) is 0 Å². The highest BCUT2D eigenvalue weighted by Gasteiger charge is 2.17. The lowest BCUT2D eigenvalue weighted by atomic mass is 9.99. The molecule has 4 rings (SSSR count). The van der Waals surface area contributed by atoms with Crippen molar-refractivity contribution < 1.29 is 0 Å². The third kappa shape index (κ3) is 5.58. The van der Waals surface area contributed by atoms with Gasteiger partial charge < -0.3 is 4.90 Å². The van der Waals surface area contributed by atoms with Gasteiger partial charge in [0.1, 0.15) is 0 Å². The highest BCUT2D eigenvalue weighted by molar-refractivity contribution is 7.14. The van der Waals surface area contributed by atoms with Gasteiger partial charge in [-0.1, -0.05) is 55.0 Å². The molecule has 0 bridgehead atoms. The maximum Gasteiger partial charge on any atom is 0.203 e. The van der Waals surface area contributed by atoms with E-state index in [1.165, 1.54) is 29.8 Å². The quantitative estimate of drug-likeness (QED) is 0.420. The summed E-state index contributed by atoms with van der Waals surface area (Å²) < 4.78 is 0. The number of likely N-dealkylation sites (N-methyl/N-ethyl adjacent to an activating group) is 1. The lowest BCUT2D eigenvalue weighted by molar-refractivity contribution is 0.132. The van der Waals surface area contributed by atoms with Crippen molar-refractivity contribution in [1.82, 2.24) is 14.8 Å². The van der Waals surface area contributed by atoms with E-state index in [0.717, 1.165) is 48.1 Å². The summed E-state index contributed by atoms with van der Waals surface area (Å²) in [6.45, 7) is 13.4. The molecule has 3 aromatic rings. The van der Waals surface area contributed by atoms with Gasteiger partial charge in [0.25, 0.3) is 0 Å². The largest absolute Gasteiger partial charge is 0.301 e. The van der Waals surface area contributed by atoms with Crippen molar-refractivity contribution in [3.63, 3.8) is 0 Å². The van der Waals surface area contributed by atoms with Crippen molar-refractivity contribution in [2.24, 2.45) is 5.10 Å². The second kappa shape index (κ2) is 10.2. The molecule has 2 aromatic carbocycles. The van der Waals surface area contributed by atoms with Gasteiger partial charge in [0.05, 0.1) is 11.9 Å². The molecule has 0 unspecified atom stereocenters. The van der Waals surface area contributed by atoms with Gasteiger partial charge in [-0.25, -0.2) is 4.98 Å². The second-order valence-electron chi connectivity index (χ2n) is 8.12. The molecule has 0 radical (unpaired) electrons. The van der Waals surface area contributed by atoms with Gasteiger partial charge in [0.15, 0.2) is 0 Å². The Morgan fingerprint density at radius 2 is 1.81 bits per heavy atom. The summed E-state index contributed by atoms with van der Waals surface area (Å²) in [7, 11) is 0. The Bertz CT molecular complexity index is 1020. The number of anilines is 1. The van der Waals surface area contributed by atoms with Crippen LogP contribution in [0.25, 0.3) is 11.3 Å². The molecule has 2 heterocycles. The molecular formula is C25H31N5S. The fourth-order valence-electron chi connectivity index (χ4n) is 3.99. The summed E-state index contributed by atoms with van der Waals surface area (Å²) in [6.07, 6.45) is 1.92. The zero-order valence-electron chi connectivity index (χ0n) is 18.6. The fraction of sp³-hybridized carbons (Fsp3) is 0.360. The highest BCUT2D eigenvalue weighted by Crippen LogP contribution is 2.24. The Morgan fingerprint density at radius 3 is 2.55 bits per heavy atom. The molecule has 1 saturated heterocycles. The molecule has 0 saturated carbocycles. The van der Waals surface area contributed by atoms with E-state index in [0.29, 0.717) is 0 Å². The first-order valence-corrected chi connectivity index (χ1v) is 11.8. The van der Waals surface area contributed by atoms with E-state index in [1.807, 2.05) is 24.4 Å². The van der Waals surface area contributed by atoms with Gasteiger partial charge in [-0.2, -0.15) is 5.10 Å². The smallest absolute Gasteiger partial charge is 0.203 e. The average Bonchev–Trinajstić information content (AvgIpc) is 3.27. The Balaban J connectivity index is 1.41. The summed E-state index contributed by atoms with van der Waals surface area (Å²) >= 11 is 1.57. The molecule has 1 aromatic heterocycles. The van der Waals surface area contributed by atoms with Gasteiger partial charge in [0.2, 0.25) is 5.13 Å². The molecule has 162 valence electrons. The summed E-state index contributed by atoms with van der Waals surface area (Å²) in [6, 6.07) is 14.7. The van der Waals surface area contributed by atoms with Crippen LogP contribution in [0.4, 0.5) is 5.13 Å². The average molecular weight is 434 g/mol. The van der Waals surface area contributed by atoms with Crippen molar-refractivity contribution in [3.05, 3.63) is 70.1 Å². The summed E-state index contributed by atoms with van der Waals surface area (Å²) in [5.74, 6) is 0. The predicted octanol–water partition coefficient (Wildman–Crippen LogP) is 5.01. The molecule has 6 heteroatoms. The number of rotatable bonds is 7. The molecule has 0 atom stereocenters. The summed E-state index contributed by atoms with van der Waals surface area (Å²) in [4.78, 5) is 9.72. The first-order valence-electron chi connectivity index (χ1n) is 11.0. The molecule has 1 aliphatic heterocycles. The normalized spacial score (nSPS) is 15.6. The third-order valence-corrected chi connectivity index (χ3v) is 6.69. The first kappa shape index (κ1) is 21.7. The van der Waals surface area contributed by atoms with E-state index in [4.69, 9.17) is 0 Å². The van der Waals surface area contributed by atoms with Crippen LogP contribution in [-0.4, -0.2) is 53.7 Å². The topological polar surface area (TPSA) is 43.8 Å². The van der Waals surface area contributed by atoms with Crippen LogP contribution in [0.3, 0.4) is 0 Å². The van der Waals surface area contributed by atoms with Gasteiger partial charge in [0, 0.05) is 43.7 Å². The maximum absolute atomic E-state index is 4.64. The van der Waals surface area contributed by atoms with Crippen LogP contribution in [0.1, 0.15) is 29.2 Å². The fourth-order valence-corrected chi connectivity index (χ4v) is 4.66. The van der Waals surface area contributed by atoms with Crippen LogP contribution < -0.4 is 5.43 Å². The minimum absolute atomic E-state index is 0.800. The molecule has 31 heavy (non-hydrogen) atoms. The number of hydrazone groups is 1. The number of hydrogen-bond donors (Lipinski definition) is 1. The number of nitrogens with zero attached hydrogens (tertiary/aromatic N) is 4. The second-order valence-corrected chi connectivity index (χ2v) is 8.98. The molecule has 0 spiro atoms. The van der Waals surface area contributed by atoms with E-state index in [2.05, 4.69) is 75.7 Å². The number of piperazine rings is 1. The minimum Gasteiger partial charge on any atom is -0.301 e. The molecule has 1 aliphatic rings. The van der Waals surface area contributed by atoms with E-state index >= 15 is 0 Å². The molecule has 0 aliphatic carbocycles. The van der Waals surface area contributed by atoms with E-state index < -0.39 is 0 Å². The number of hydrogen-bond acceptors (Lipinski definition) is 6. The van der Waals surface area contributed by atoms with E-state index in [9.17, 15) is 0 Å². The summed E-state index contributed by atoms with van der Waals surface area (Å²) in [5, 5.41) is 7.34. The molecule has 1 fully saturated rings. The SMILES string of the molecule is CCN1CCN(Cc2cc(C)cc(C=NNc3nc(-c4ccccc4)cs3)c2C)CC1. The van der Waals surface area contributed by atoms with Crippen molar-refractivity contribution in [3.8, 4) is 11.3 Å². The van der Waals surface area contributed by atoms with Crippen LogP contribution in [0.15, 0.2) is 52.9 Å². The number of nitrogens with one attached hydrogen (secondary N) is 1. The van der Waals surface area contributed by atoms with Crippen molar-refractivity contribution >= 4 is 22.7 Å². The maximum atomic E-state index is 4.64. The third-order valence-electron chi connectivity index (χ3n) is 5.94. The Kier molecular flexibility index (Phi) is 7.12. The zero-order chi connectivity index (χ0) is 21.6. The number of aromatic nitrogens is 1. The van der Waals surface area contributed by atoms with Gasteiger partial charge in [-0.3, -0.25) is 10.3 Å². The van der Waals surface area contributed by atoms with Crippen LogP contribution in [0.2, 0.25) is 0 Å². The minimum atomic E-state index is 0.800.